The number of carboxylic acid groups (broad SMARTS) is 1. The Morgan fingerprint density at radius 3 is 2.82 bits per heavy atom. The number of rotatable bonds is 1. The Morgan fingerprint density at radius 1 is 1.82 bits per heavy atom. The van der Waals surface area contributed by atoms with Crippen LogP contribution >= 0.6 is 0 Å². The molecular formula is C7H14N2O2. The van der Waals surface area contributed by atoms with Crippen molar-refractivity contribution in [2.24, 2.45) is 5.73 Å². The molecule has 64 valence electrons. The van der Waals surface area contributed by atoms with Crippen LogP contribution in [-0.2, 0) is 0 Å². The van der Waals surface area contributed by atoms with Gasteiger partial charge in [0.05, 0.1) is 5.54 Å². The Bertz CT molecular complexity index is 172. The molecular weight excluding hydrogens is 144 g/mol. The highest BCUT2D eigenvalue weighted by Gasteiger charge is 2.38. The van der Waals surface area contributed by atoms with Gasteiger partial charge in [-0.05, 0) is 19.8 Å². The number of carbonyl (C=O) groups is 1. The molecule has 1 fully saturated rings. The Balaban J connectivity index is 2.72. The number of hydrogen-bond donors (Lipinski definition) is 2. The normalized spacial score (nSPS) is 30.9. The molecule has 11 heavy (non-hydrogen) atoms. The lowest BCUT2D eigenvalue weighted by atomic mass is 10.00. The van der Waals surface area contributed by atoms with E-state index >= 15 is 0 Å². The van der Waals surface area contributed by atoms with Crippen molar-refractivity contribution in [2.75, 3.05) is 13.1 Å². The van der Waals surface area contributed by atoms with Crippen LogP contribution in [0.2, 0.25) is 0 Å². The third kappa shape index (κ3) is 1.30. The molecule has 0 aliphatic carbocycles. The zero-order valence-corrected chi connectivity index (χ0v) is 6.71. The van der Waals surface area contributed by atoms with Crippen LogP contribution < -0.4 is 5.73 Å². The lowest BCUT2D eigenvalue weighted by molar-refractivity contribution is 0.113. The third-order valence-electron chi connectivity index (χ3n) is 2.42. The summed E-state index contributed by atoms with van der Waals surface area (Å²) in [6.45, 7) is 2.94. The first-order valence-corrected chi connectivity index (χ1v) is 3.81. The molecule has 1 heterocycles. The summed E-state index contributed by atoms with van der Waals surface area (Å²) < 4.78 is 0. The topological polar surface area (TPSA) is 66.6 Å². The van der Waals surface area contributed by atoms with Crippen LogP contribution in [0.4, 0.5) is 4.79 Å². The average Bonchev–Trinajstić information content (AvgIpc) is 2.32. The SMILES string of the molecule is CC1(CN)CCCN1C(=O)O. The molecule has 0 radical (unpaired) electrons. The van der Waals surface area contributed by atoms with Crippen LogP contribution in [0.5, 0.6) is 0 Å². The van der Waals surface area contributed by atoms with Crippen molar-refractivity contribution < 1.29 is 9.90 Å². The summed E-state index contributed by atoms with van der Waals surface area (Å²) in [6, 6.07) is 0. The Labute approximate surface area is 66.0 Å². The van der Waals surface area contributed by atoms with Crippen molar-refractivity contribution in [3.63, 3.8) is 0 Å². The maximum absolute atomic E-state index is 10.6. The van der Waals surface area contributed by atoms with Crippen molar-refractivity contribution in [1.82, 2.24) is 4.90 Å². The largest absolute Gasteiger partial charge is 0.465 e. The molecule has 1 unspecified atom stereocenters. The minimum absolute atomic E-state index is 0.314. The van der Waals surface area contributed by atoms with Crippen LogP contribution in [0, 0.1) is 0 Å². The predicted molar refractivity (Wildman–Crippen MR) is 41.4 cm³/mol. The Hall–Kier alpha value is -0.770. The fourth-order valence-electron chi connectivity index (χ4n) is 1.56. The molecule has 1 amide bonds. The second kappa shape index (κ2) is 2.70. The van der Waals surface area contributed by atoms with Gasteiger partial charge in [-0.2, -0.15) is 0 Å². The van der Waals surface area contributed by atoms with Gasteiger partial charge in [0, 0.05) is 13.1 Å². The van der Waals surface area contributed by atoms with E-state index in [9.17, 15) is 4.79 Å². The molecule has 4 heteroatoms. The molecule has 3 N–H and O–H groups in total. The number of amides is 1. The van der Waals surface area contributed by atoms with Crippen molar-refractivity contribution in [2.45, 2.75) is 25.3 Å². The van der Waals surface area contributed by atoms with Gasteiger partial charge in [-0.1, -0.05) is 0 Å². The van der Waals surface area contributed by atoms with E-state index in [-0.39, 0.29) is 5.54 Å². The molecule has 1 saturated heterocycles. The van der Waals surface area contributed by atoms with Gasteiger partial charge in [-0.25, -0.2) is 4.79 Å². The Kier molecular flexibility index (Phi) is 2.04. The fourth-order valence-corrected chi connectivity index (χ4v) is 1.56. The quantitative estimate of drug-likeness (QED) is 0.583. The maximum Gasteiger partial charge on any atom is 0.407 e. The van der Waals surface area contributed by atoms with Crippen molar-refractivity contribution >= 4 is 6.09 Å². The van der Waals surface area contributed by atoms with Gasteiger partial charge in [0.25, 0.3) is 0 Å². The standard InChI is InChI=1S/C7H14N2O2/c1-7(5-8)3-2-4-9(7)6(10)11/h2-5,8H2,1H3,(H,10,11). The molecule has 1 rings (SSSR count). The van der Waals surface area contributed by atoms with Crippen LogP contribution in [0.3, 0.4) is 0 Å². The van der Waals surface area contributed by atoms with Crippen molar-refractivity contribution in [1.29, 1.82) is 0 Å². The van der Waals surface area contributed by atoms with Gasteiger partial charge < -0.3 is 15.7 Å². The zero-order chi connectivity index (χ0) is 8.48. The summed E-state index contributed by atoms with van der Waals surface area (Å²) in [7, 11) is 0. The maximum atomic E-state index is 10.6. The highest BCUT2D eigenvalue weighted by Crippen LogP contribution is 2.27. The molecule has 0 spiro atoms. The van der Waals surface area contributed by atoms with Crippen LogP contribution in [0.25, 0.3) is 0 Å². The summed E-state index contributed by atoms with van der Waals surface area (Å²) in [6.07, 6.45) is 0.964. The zero-order valence-electron chi connectivity index (χ0n) is 6.71. The molecule has 1 aliphatic heterocycles. The molecule has 4 nitrogen and oxygen atoms in total. The van der Waals surface area contributed by atoms with Gasteiger partial charge in [0.1, 0.15) is 0 Å². The summed E-state index contributed by atoms with van der Waals surface area (Å²) in [5, 5.41) is 8.75. The summed E-state index contributed by atoms with van der Waals surface area (Å²) in [4.78, 5) is 12.1. The van der Waals surface area contributed by atoms with Crippen LogP contribution in [-0.4, -0.2) is 34.7 Å². The lowest BCUT2D eigenvalue weighted by Crippen LogP contribution is -2.49. The van der Waals surface area contributed by atoms with E-state index in [0.717, 1.165) is 12.8 Å². The smallest absolute Gasteiger partial charge is 0.407 e. The van der Waals surface area contributed by atoms with Crippen molar-refractivity contribution in [3.05, 3.63) is 0 Å². The van der Waals surface area contributed by atoms with E-state index in [1.54, 1.807) is 0 Å². The molecule has 0 aromatic heterocycles. The second-order valence-electron chi connectivity index (χ2n) is 3.24. The van der Waals surface area contributed by atoms with Crippen LogP contribution in [0.15, 0.2) is 0 Å². The number of nitrogens with zero attached hydrogens (tertiary/aromatic N) is 1. The summed E-state index contributed by atoms with van der Waals surface area (Å²) in [5.74, 6) is 0. The van der Waals surface area contributed by atoms with Gasteiger partial charge in [0.15, 0.2) is 0 Å². The lowest BCUT2D eigenvalue weighted by Gasteiger charge is -2.31. The highest BCUT2D eigenvalue weighted by atomic mass is 16.4. The predicted octanol–water partition coefficient (Wildman–Crippen LogP) is 0.478. The molecule has 0 bridgehead atoms. The molecule has 1 aliphatic rings. The minimum atomic E-state index is -0.851. The first-order chi connectivity index (χ1) is 5.10. The fraction of sp³-hybridized carbons (Fsp3) is 0.857. The average molecular weight is 158 g/mol. The second-order valence-corrected chi connectivity index (χ2v) is 3.24. The molecule has 1 atom stereocenters. The minimum Gasteiger partial charge on any atom is -0.465 e. The van der Waals surface area contributed by atoms with Crippen LogP contribution in [0.1, 0.15) is 19.8 Å². The molecule has 0 saturated carbocycles. The number of hydrogen-bond acceptors (Lipinski definition) is 2. The van der Waals surface area contributed by atoms with Crippen molar-refractivity contribution in [3.8, 4) is 0 Å². The van der Waals surface area contributed by atoms with E-state index < -0.39 is 6.09 Å². The van der Waals surface area contributed by atoms with E-state index in [1.165, 1.54) is 4.90 Å². The first-order valence-electron chi connectivity index (χ1n) is 3.81. The van der Waals surface area contributed by atoms with E-state index in [1.807, 2.05) is 6.92 Å². The molecule has 0 aromatic rings. The Morgan fingerprint density at radius 2 is 2.45 bits per heavy atom. The van der Waals surface area contributed by atoms with E-state index in [0.29, 0.717) is 13.1 Å². The number of likely N-dealkylation sites (tertiary alicyclic amines) is 1. The third-order valence-corrected chi connectivity index (χ3v) is 2.42. The first kappa shape index (κ1) is 8.33. The summed E-state index contributed by atoms with van der Waals surface area (Å²) >= 11 is 0. The highest BCUT2D eigenvalue weighted by molar-refractivity contribution is 5.66. The summed E-state index contributed by atoms with van der Waals surface area (Å²) in [5.41, 5.74) is 5.18. The van der Waals surface area contributed by atoms with E-state index in [2.05, 4.69) is 0 Å². The monoisotopic (exact) mass is 158 g/mol. The molecule has 0 aromatic carbocycles. The van der Waals surface area contributed by atoms with Gasteiger partial charge in [-0.3, -0.25) is 0 Å². The van der Waals surface area contributed by atoms with Gasteiger partial charge >= 0.3 is 6.09 Å². The van der Waals surface area contributed by atoms with Gasteiger partial charge in [0.2, 0.25) is 0 Å². The van der Waals surface area contributed by atoms with Gasteiger partial charge in [-0.15, -0.1) is 0 Å². The number of nitrogens with two attached hydrogens (primary N) is 1. The van der Waals surface area contributed by atoms with E-state index in [4.69, 9.17) is 10.8 Å².